The van der Waals surface area contributed by atoms with Crippen LogP contribution in [0.25, 0.3) is 0 Å². The van der Waals surface area contributed by atoms with E-state index in [1.54, 1.807) is 0 Å². The van der Waals surface area contributed by atoms with Crippen molar-refractivity contribution >= 4 is 0 Å². The van der Waals surface area contributed by atoms with Gasteiger partial charge in [-0.3, -0.25) is 0 Å². The van der Waals surface area contributed by atoms with Gasteiger partial charge in [0, 0.05) is 0 Å². The molecule has 2 atom stereocenters. The van der Waals surface area contributed by atoms with Crippen molar-refractivity contribution < 1.29 is 53.0 Å². The standard InChI is InChI=1S/C6H3F11O/c7-1(5(12,13)14)4(10,11)2(6(15,16)17)18-3(8)9/h1-3H. The smallest absolute Gasteiger partial charge is 0.303 e. The molecule has 110 valence electrons. The molecule has 0 heterocycles. The van der Waals surface area contributed by atoms with Crippen molar-refractivity contribution in [2.45, 2.75) is 37.2 Å². The van der Waals surface area contributed by atoms with Gasteiger partial charge in [0.25, 0.3) is 6.17 Å². The number of hydrogen-bond acceptors (Lipinski definition) is 1. The van der Waals surface area contributed by atoms with Crippen LogP contribution in [-0.2, 0) is 4.74 Å². The monoisotopic (exact) mass is 300 g/mol. The molecular weight excluding hydrogens is 297 g/mol. The molecule has 18 heavy (non-hydrogen) atoms. The minimum Gasteiger partial charge on any atom is -0.303 e. The Morgan fingerprint density at radius 2 is 1.06 bits per heavy atom. The Kier molecular flexibility index (Phi) is 4.83. The van der Waals surface area contributed by atoms with Crippen molar-refractivity contribution in [3.05, 3.63) is 0 Å². The molecular formula is C6H3F11O. The highest BCUT2D eigenvalue weighted by Crippen LogP contribution is 2.43. The van der Waals surface area contributed by atoms with Crippen LogP contribution in [0.3, 0.4) is 0 Å². The van der Waals surface area contributed by atoms with Crippen LogP contribution in [0.2, 0.25) is 0 Å². The Hall–Kier alpha value is -0.810. The number of alkyl halides is 11. The third-order valence-corrected chi connectivity index (χ3v) is 1.51. The molecule has 0 saturated heterocycles. The molecule has 0 aliphatic carbocycles. The van der Waals surface area contributed by atoms with Crippen molar-refractivity contribution in [3.8, 4) is 0 Å². The zero-order chi connectivity index (χ0) is 14.9. The minimum absolute atomic E-state index is 2.35. The first kappa shape index (κ1) is 17.2. The zero-order valence-corrected chi connectivity index (χ0v) is 7.80. The van der Waals surface area contributed by atoms with Crippen LogP contribution in [-0.4, -0.2) is 37.2 Å². The SMILES string of the molecule is FC(F)OC(C(F)(F)F)C(F)(F)C(F)C(F)(F)F. The second-order valence-corrected chi connectivity index (χ2v) is 2.90. The Balaban J connectivity index is 5.33. The van der Waals surface area contributed by atoms with Gasteiger partial charge in [0.1, 0.15) is 0 Å². The van der Waals surface area contributed by atoms with Crippen molar-refractivity contribution in [1.82, 2.24) is 0 Å². The van der Waals surface area contributed by atoms with Gasteiger partial charge < -0.3 is 4.74 Å². The van der Waals surface area contributed by atoms with E-state index < -0.39 is 37.2 Å². The quantitative estimate of drug-likeness (QED) is 0.719. The van der Waals surface area contributed by atoms with E-state index >= 15 is 0 Å². The van der Waals surface area contributed by atoms with E-state index in [9.17, 15) is 48.3 Å². The lowest BCUT2D eigenvalue weighted by Crippen LogP contribution is -2.56. The molecule has 0 radical (unpaired) electrons. The summed E-state index contributed by atoms with van der Waals surface area (Å²) in [6.07, 6.45) is -22.9. The Labute approximate surface area is 91.5 Å². The van der Waals surface area contributed by atoms with Gasteiger partial charge in [-0.1, -0.05) is 0 Å². The summed E-state index contributed by atoms with van der Waals surface area (Å²) in [6, 6.07) is 0. The number of hydrogen-bond donors (Lipinski definition) is 0. The lowest BCUT2D eigenvalue weighted by atomic mass is 10.1. The summed E-state index contributed by atoms with van der Waals surface area (Å²) in [4.78, 5) is 0. The molecule has 0 N–H and O–H groups in total. The normalized spacial score (nSPS) is 18.0. The Morgan fingerprint density at radius 1 is 0.667 bits per heavy atom. The molecule has 0 aromatic carbocycles. The lowest BCUT2D eigenvalue weighted by Gasteiger charge is -2.31. The van der Waals surface area contributed by atoms with Crippen molar-refractivity contribution in [2.24, 2.45) is 0 Å². The highest BCUT2D eigenvalue weighted by molar-refractivity contribution is 4.93. The van der Waals surface area contributed by atoms with Gasteiger partial charge in [0.2, 0.25) is 6.10 Å². The Morgan fingerprint density at radius 3 is 1.28 bits per heavy atom. The third kappa shape index (κ3) is 4.14. The van der Waals surface area contributed by atoms with Gasteiger partial charge in [0.15, 0.2) is 0 Å². The molecule has 0 spiro atoms. The average Bonchev–Trinajstić information content (AvgIpc) is 2.09. The predicted octanol–water partition coefficient (Wildman–Crippen LogP) is 3.69. The molecule has 0 saturated carbocycles. The summed E-state index contributed by atoms with van der Waals surface area (Å²) in [5.41, 5.74) is 0. The van der Waals surface area contributed by atoms with Crippen LogP contribution in [0.1, 0.15) is 0 Å². The van der Waals surface area contributed by atoms with Gasteiger partial charge in [-0.05, 0) is 0 Å². The predicted molar refractivity (Wildman–Crippen MR) is 32.8 cm³/mol. The summed E-state index contributed by atoms with van der Waals surface area (Å²) < 4.78 is 133. The lowest BCUT2D eigenvalue weighted by molar-refractivity contribution is -0.356. The van der Waals surface area contributed by atoms with Crippen molar-refractivity contribution in [3.63, 3.8) is 0 Å². The molecule has 0 aliphatic rings. The van der Waals surface area contributed by atoms with Crippen LogP contribution in [0.4, 0.5) is 48.3 Å². The molecule has 0 fully saturated rings. The fraction of sp³-hybridized carbons (Fsp3) is 1.00. The largest absolute Gasteiger partial charge is 0.425 e. The highest BCUT2D eigenvalue weighted by atomic mass is 19.4. The number of ether oxygens (including phenoxy) is 1. The molecule has 0 rings (SSSR count). The minimum atomic E-state index is -6.36. The van der Waals surface area contributed by atoms with Crippen molar-refractivity contribution in [1.29, 1.82) is 0 Å². The third-order valence-electron chi connectivity index (χ3n) is 1.51. The summed E-state index contributed by atoms with van der Waals surface area (Å²) in [6.45, 7) is -4.46. The zero-order valence-electron chi connectivity index (χ0n) is 7.80. The van der Waals surface area contributed by atoms with Gasteiger partial charge >= 0.3 is 24.9 Å². The summed E-state index contributed by atoms with van der Waals surface area (Å²) >= 11 is 0. The first-order valence-electron chi connectivity index (χ1n) is 3.79. The molecule has 2 unspecified atom stereocenters. The fourth-order valence-electron chi connectivity index (χ4n) is 0.840. The summed E-state index contributed by atoms with van der Waals surface area (Å²) in [5, 5.41) is 0. The van der Waals surface area contributed by atoms with E-state index in [1.165, 1.54) is 0 Å². The maximum absolute atomic E-state index is 12.6. The van der Waals surface area contributed by atoms with Crippen LogP contribution in [0.15, 0.2) is 0 Å². The maximum atomic E-state index is 12.6. The van der Waals surface area contributed by atoms with Gasteiger partial charge in [-0.25, -0.2) is 4.39 Å². The van der Waals surface area contributed by atoms with E-state index in [0.29, 0.717) is 0 Å². The molecule has 0 aromatic heterocycles. The average molecular weight is 300 g/mol. The molecule has 0 aromatic rings. The second-order valence-electron chi connectivity index (χ2n) is 2.90. The van der Waals surface area contributed by atoms with E-state index in [2.05, 4.69) is 4.74 Å². The molecule has 1 nitrogen and oxygen atoms in total. The fourth-order valence-corrected chi connectivity index (χ4v) is 0.840. The summed E-state index contributed by atoms with van der Waals surface area (Å²) in [7, 11) is 0. The topological polar surface area (TPSA) is 9.23 Å². The molecule has 0 bridgehead atoms. The van der Waals surface area contributed by atoms with Gasteiger partial charge in [-0.15, -0.1) is 0 Å². The first-order chi connectivity index (χ1) is 7.70. The maximum Gasteiger partial charge on any atom is 0.425 e. The van der Waals surface area contributed by atoms with Crippen LogP contribution >= 0.6 is 0 Å². The van der Waals surface area contributed by atoms with Crippen molar-refractivity contribution in [2.75, 3.05) is 0 Å². The van der Waals surface area contributed by atoms with Gasteiger partial charge in [0.05, 0.1) is 0 Å². The van der Waals surface area contributed by atoms with E-state index in [0.717, 1.165) is 0 Å². The molecule has 0 aliphatic heterocycles. The Bertz CT molecular complexity index is 266. The van der Waals surface area contributed by atoms with Crippen LogP contribution in [0.5, 0.6) is 0 Å². The van der Waals surface area contributed by atoms with Gasteiger partial charge in [-0.2, -0.15) is 43.9 Å². The first-order valence-corrected chi connectivity index (χ1v) is 3.79. The van der Waals surface area contributed by atoms with Crippen LogP contribution in [0, 0.1) is 0 Å². The second kappa shape index (κ2) is 5.05. The highest BCUT2D eigenvalue weighted by Gasteiger charge is 2.68. The van der Waals surface area contributed by atoms with E-state index in [1.807, 2.05) is 0 Å². The molecule has 12 heteroatoms. The van der Waals surface area contributed by atoms with E-state index in [4.69, 9.17) is 0 Å². The van der Waals surface area contributed by atoms with Crippen LogP contribution < -0.4 is 0 Å². The van der Waals surface area contributed by atoms with E-state index in [-0.39, 0.29) is 0 Å². The summed E-state index contributed by atoms with van der Waals surface area (Å²) in [5.74, 6) is -6.24. The molecule has 0 amide bonds. The number of halogens is 11. The number of rotatable bonds is 4.